The molecule has 0 saturated carbocycles. The lowest BCUT2D eigenvalue weighted by Gasteiger charge is -2.28. The van der Waals surface area contributed by atoms with Gasteiger partial charge in [-0.2, -0.15) is 0 Å². The van der Waals surface area contributed by atoms with Crippen LogP contribution in [0.15, 0.2) is 18.2 Å². The van der Waals surface area contributed by atoms with Gasteiger partial charge in [-0.25, -0.2) is 0 Å². The van der Waals surface area contributed by atoms with Crippen LogP contribution >= 0.6 is 11.6 Å². The quantitative estimate of drug-likeness (QED) is 0.852. The number of carbonyl (C=O) groups is 1. The molecule has 0 unspecified atom stereocenters. The molecule has 1 aromatic heterocycles. The average Bonchev–Trinajstić information content (AvgIpc) is 2.77. The normalized spacial score (nSPS) is 15.1. The Morgan fingerprint density at radius 1 is 1.42 bits per heavy atom. The van der Waals surface area contributed by atoms with Crippen LogP contribution in [-0.2, 0) is 17.8 Å². The number of halogens is 1. The maximum atomic E-state index is 12.1. The molecule has 0 radical (unpaired) electrons. The van der Waals surface area contributed by atoms with Gasteiger partial charge in [-0.15, -0.1) is 0 Å². The van der Waals surface area contributed by atoms with E-state index < -0.39 is 0 Å². The smallest absolute Gasteiger partial charge is 0.225 e. The number of H-pyrrole nitrogens is 1. The molecule has 0 bridgehead atoms. The highest BCUT2D eigenvalue weighted by atomic mass is 35.5. The van der Waals surface area contributed by atoms with Gasteiger partial charge in [0.1, 0.15) is 0 Å². The summed E-state index contributed by atoms with van der Waals surface area (Å²) >= 11 is 6.21. The summed E-state index contributed by atoms with van der Waals surface area (Å²) < 4.78 is 0. The number of aromatic amines is 1. The van der Waals surface area contributed by atoms with Crippen LogP contribution in [0, 0.1) is 5.92 Å². The molecule has 3 rings (SSSR count). The molecular formula is C15H17ClN2O. The van der Waals surface area contributed by atoms with Crippen molar-refractivity contribution in [2.45, 2.75) is 26.8 Å². The summed E-state index contributed by atoms with van der Waals surface area (Å²) in [6.07, 6.45) is 0.874. The number of para-hydroxylation sites is 1. The average molecular weight is 277 g/mol. The number of nitrogens with one attached hydrogen (secondary N) is 1. The Balaban J connectivity index is 2.03. The number of nitrogens with zero attached hydrogens (tertiary/aromatic N) is 1. The topological polar surface area (TPSA) is 36.1 Å². The van der Waals surface area contributed by atoms with Gasteiger partial charge in [0, 0.05) is 42.1 Å². The van der Waals surface area contributed by atoms with Crippen molar-refractivity contribution in [1.82, 2.24) is 9.88 Å². The fraction of sp³-hybridized carbons (Fsp3) is 0.400. The predicted molar refractivity (Wildman–Crippen MR) is 77.3 cm³/mol. The molecule has 4 heteroatoms. The van der Waals surface area contributed by atoms with Crippen molar-refractivity contribution in [3.05, 3.63) is 34.5 Å². The van der Waals surface area contributed by atoms with Gasteiger partial charge in [0.15, 0.2) is 0 Å². The van der Waals surface area contributed by atoms with Crippen LogP contribution < -0.4 is 0 Å². The zero-order valence-corrected chi connectivity index (χ0v) is 11.9. The summed E-state index contributed by atoms with van der Waals surface area (Å²) in [5.74, 6) is 0.275. The van der Waals surface area contributed by atoms with Crippen molar-refractivity contribution in [3.63, 3.8) is 0 Å². The molecule has 0 saturated heterocycles. The minimum absolute atomic E-state index is 0.0512. The lowest BCUT2D eigenvalue weighted by molar-refractivity contribution is -0.135. The molecule has 1 amide bonds. The first kappa shape index (κ1) is 12.5. The van der Waals surface area contributed by atoms with Crippen LogP contribution in [-0.4, -0.2) is 22.3 Å². The molecule has 3 nitrogen and oxygen atoms in total. The third-order valence-corrected chi connectivity index (χ3v) is 4.08. The summed E-state index contributed by atoms with van der Waals surface area (Å²) in [5, 5.41) is 1.89. The molecule has 100 valence electrons. The molecule has 2 heterocycles. The van der Waals surface area contributed by atoms with Crippen LogP contribution in [0.1, 0.15) is 25.1 Å². The van der Waals surface area contributed by atoms with E-state index in [0.717, 1.165) is 28.9 Å². The van der Waals surface area contributed by atoms with E-state index in [1.807, 2.05) is 30.9 Å². The van der Waals surface area contributed by atoms with Crippen molar-refractivity contribution < 1.29 is 4.79 Å². The third kappa shape index (κ3) is 2.02. The van der Waals surface area contributed by atoms with E-state index in [9.17, 15) is 4.79 Å². The Labute approximate surface area is 117 Å². The predicted octanol–water partition coefficient (Wildman–Crippen LogP) is 3.36. The van der Waals surface area contributed by atoms with Crippen LogP contribution in [0.3, 0.4) is 0 Å². The maximum Gasteiger partial charge on any atom is 0.225 e. The fourth-order valence-electron chi connectivity index (χ4n) is 2.76. The monoisotopic (exact) mass is 276 g/mol. The van der Waals surface area contributed by atoms with Gasteiger partial charge in [-0.3, -0.25) is 4.79 Å². The highest BCUT2D eigenvalue weighted by Gasteiger charge is 2.25. The first-order valence-electron chi connectivity index (χ1n) is 6.64. The highest BCUT2D eigenvalue weighted by Crippen LogP contribution is 2.31. The molecule has 0 fully saturated rings. The Hall–Kier alpha value is -1.48. The van der Waals surface area contributed by atoms with Crippen LogP contribution in [0.5, 0.6) is 0 Å². The van der Waals surface area contributed by atoms with Crippen LogP contribution in [0.2, 0.25) is 5.02 Å². The van der Waals surface area contributed by atoms with Crippen LogP contribution in [0.25, 0.3) is 10.9 Å². The van der Waals surface area contributed by atoms with Gasteiger partial charge < -0.3 is 9.88 Å². The molecular weight excluding hydrogens is 260 g/mol. The number of amides is 1. The molecule has 1 aromatic carbocycles. The van der Waals surface area contributed by atoms with Gasteiger partial charge in [0.25, 0.3) is 0 Å². The molecule has 1 aliphatic rings. The van der Waals surface area contributed by atoms with Crippen molar-refractivity contribution in [2.24, 2.45) is 5.92 Å². The Bertz CT molecular complexity index is 645. The molecule has 0 spiro atoms. The number of aromatic nitrogens is 1. The van der Waals surface area contributed by atoms with E-state index >= 15 is 0 Å². The van der Waals surface area contributed by atoms with Gasteiger partial charge in [0.2, 0.25) is 5.91 Å². The standard InChI is InChI=1S/C15H17ClN2O/c1-9(2)15(19)18-7-6-13-11(8-18)10-4-3-5-12(16)14(10)17-13/h3-5,9,17H,6-8H2,1-2H3. The summed E-state index contributed by atoms with van der Waals surface area (Å²) in [5.41, 5.74) is 3.43. The lowest BCUT2D eigenvalue weighted by Crippen LogP contribution is -2.38. The number of rotatable bonds is 1. The van der Waals surface area contributed by atoms with E-state index in [1.54, 1.807) is 0 Å². The van der Waals surface area contributed by atoms with Crippen molar-refractivity contribution >= 4 is 28.4 Å². The molecule has 0 atom stereocenters. The first-order chi connectivity index (χ1) is 9.08. The zero-order valence-electron chi connectivity index (χ0n) is 11.2. The lowest BCUT2D eigenvalue weighted by atomic mass is 10.0. The molecule has 2 aromatic rings. The van der Waals surface area contributed by atoms with E-state index in [4.69, 9.17) is 11.6 Å². The van der Waals surface area contributed by atoms with Crippen molar-refractivity contribution in [2.75, 3.05) is 6.54 Å². The largest absolute Gasteiger partial charge is 0.357 e. The van der Waals surface area contributed by atoms with Gasteiger partial charge in [-0.05, 0) is 6.07 Å². The second kappa shape index (κ2) is 4.57. The van der Waals surface area contributed by atoms with Crippen molar-refractivity contribution in [3.8, 4) is 0 Å². The van der Waals surface area contributed by atoms with Gasteiger partial charge >= 0.3 is 0 Å². The third-order valence-electron chi connectivity index (χ3n) is 3.77. The number of hydrogen-bond acceptors (Lipinski definition) is 1. The second-order valence-corrected chi connectivity index (χ2v) is 5.82. The Morgan fingerprint density at radius 2 is 2.21 bits per heavy atom. The number of carbonyl (C=O) groups excluding carboxylic acids is 1. The minimum atomic E-state index is 0.0512. The Morgan fingerprint density at radius 3 is 2.95 bits per heavy atom. The number of benzene rings is 1. The van der Waals surface area contributed by atoms with Gasteiger partial charge in [-0.1, -0.05) is 37.6 Å². The Kier molecular flexibility index (Phi) is 3.02. The second-order valence-electron chi connectivity index (χ2n) is 5.41. The summed E-state index contributed by atoms with van der Waals surface area (Å²) in [4.78, 5) is 17.5. The van der Waals surface area contributed by atoms with E-state index in [1.165, 1.54) is 11.3 Å². The summed E-state index contributed by atoms with van der Waals surface area (Å²) in [6.45, 7) is 5.37. The first-order valence-corrected chi connectivity index (χ1v) is 7.02. The SMILES string of the molecule is CC(C)C(=O)N1CCc2[nH]c3c(Cl)cccc3c2C1. The van der Waals surface area contributed by atoms with E-state index in [-0.39, 0.29) is 11.8 Å². The molecule has 0 aliphatic carbocycles. The van der Waals surface area contributed by atoms with Crippen LogP contribution in [0.4, 0.5) is 0 Å². The van der Waals surface area contributed by atoms with Gasteiger partial charge in [0.05, 0.1) is 10.5 Å². The number of hydrogen-bond donors (Lipinski definition) is 1. The van der Waals surface area contributed by atoms with E-state index in [0.29, 0.717) is 6.54 Å². The number of fused-ring (bicyclic) bond motifs is 3. The molecule has 19 heavy (non-hydrogen) atoms. The summed E-state index contributed by atoms with van der Waals surface area (Å²) in [6, 6.07) is 5.92. The van der Waals surface area contributed by atoms with E-state index in [2.05, 4.69) is 11.1 Å². The zero-order chi connectivity index (χ0) is 13.6. The summed E-state index contributed by atoms with van der Waals surface area (Å²) in [7, 11) is 0. The molecule has 1 N–H and O–H groups in total. The highest BCUT2D eigenvalue weighted by molar-refractivity contribution is 6.35. The molecule has 1 aliphatic heterocycles. The maximum absolute atomic E-state index is 12.1. The minimum Gasteiger partial charge on any atom is -0.357 e. The van der Waals surface area contributed by atoms with Crippen molar-refractivity contribution in [1.29, 1.82) is 0 Å². The fourth-order valence-corrected chi connectivity index (χ4v) is 2.98.